The van der Waals surface area contributed by atoms with Crippen molar-refractivity contribution in [2.45, 2.75) is 26.9 Å². The molecular weight excluding hydrogens is 262 g/mol. The molecule has 1 atom stereocenters. The lowest BCUT2D eigenvalue weighted by Crippen LogP contribution is -2.38. The van der Waals surface area contributed by atoms with Gasteiger partial charge >= 0.3 is 0 Å². The number of hydrogen-bond acceptors (Lipinski definition) is 3. The van der Waals surface area contributed by atoms with Crippen molar-refractivity contribution in [1.29, 1.82) is 0 Å². The second-order valence-corrected chi connectivity index (χ2v) is 7.14. The smallest absolute Gasteiger partial charge is 0.233 e. The van der Waals surface area contributed by atoms with Gasteiger partial charge in [-0.2, -0.15) is 0 Å². The molecule has 0 aliphatic carbocycles. The van der Waals surface area contributed by atoms with Gasteiger partial charge in [0.25, 0.3) is 0 Å². The third-order valence-electron chi connectivity index (χ3n) is 2.72. The number of aliphatic hydroxyl groups excluding tert-OH is 1. The van der Waals surface area contributed by atoms with Gasteiger partial charge in [-0.25, -0.2) is 13.1 Å². The Kier molecular flexibility index (Phi) is 5.29. The third-order valence-corrected chi connectivity index (χ3v) is 3.78. The Labute approximate surface area is 115 Å². The number of rotatable bonds is 5. The van der Waals surface area contributed by atoms with E-state index in [0.29, 0.717) is 0 Å². The van der Waals surface area contributed by atoms with Crippen molar-refractivity contribution in [3.8, 4) is 0 Å². The van der Waals surface area contributed by atoms with Crippen LogP contribution >= 0.6 is 0 Å². The van der Waals surface area contributed by atoms with Crippen LogP contribution in [0.15, 0.2) is 35.7 Å². The summed E-state index contributed by atoms with van der Waals surface area (Å²) in [5.41, 5.74) is 0.454. The van der Waals surface area contributed by atoms with Gasteiger partial charge in [-0.15, -0.1) is 0 Å². The quantitative estimate of drug-likeness (QED) is 0.868. The standard InChI is InChI=1S/C14H21NO3S/c1-14(2,3)13(16)11-15-19(17,18)10-9-12-7-5-4-6-8-12/h4-10,13,15-16H,11H2,1-3H3/b10-9+. The van der Waals surface area contributed by atoms with Gasteiger partial charge in [0.15, 0.2) is 0 Å². The summed E-state index contributed by atoms with van der Waals surface area (Å²) in [5, 5.41) is 10.9. The largest absolute Gasteiger partial charge is 0.391 e. The molecule has 0 aliphatic heterocycles. The molecule has 0 amide bonds. The number of hydrogen-bond donors (Lipinski definition) is 2. The minimum Gasteiger partial charge on any atom is -0.391 e. The van der Waals surface area contributed by atoms with Gasteiger partial charge < -0.3 is 5.11 Å². The van der Waals surface area contributed by atoms with Gasteiger partial charge in [-0.05, 0) is 17.1 Å². The number of benzene rings is 1. The molecule has 106 valence electrons. The Balaban J connectivity index is 2.61. The number of sulfonamides is 1. The van der Waals surface area contributed by atoms with Crippen molar-refractivity contribution in [3.05, 3.63) is 41.3 Å². The SMILES string of the molecule is CC(C)(C)C(O)CNS(=O)(=O)/C=C/c1ccccc1. The molecule has 0 radical (unpaired) electrons. The van der Waals surface area contributed by atoms with E-state index in [1.165, 1.54) is 6.08 Å². The van der Waals surface area contributed by atoms with Crippen LogP contribution in [0, 0.1) is 5.41 Å². The van der Waals surface area contributed by atoms with E-state index in [2.05, 4.69) is 4.72 Å². The van der Waals surface area contributed by atoms with Crippen LogP contribution in [0.3, 0.4) is 0 Å². The van der Waals surface area contributed by atoms with Crippen LogP contribution < -0.4 is 4.72 Å². The van der Waals surface area contributed by atoms with Crippen LogP contribution in [0.25, 0.3) is 6.08 Å². The van der Waals surface area contributed by atoms with E-state index < -0.39 is 16.1 Å². The van der Waals surface area contributed by atoms with Crippen LogP contribution in [0.5, 0.6) is 0 Å². The van der Waals surface area contributed by atoms with Crippen LogP contribution in [0.4, 0.5) is 0 Å². The molecule has 0 fully saturated rings. The maximum atomic E-state index is 11.7. The van der Waals surface area contributed by atoms with Crippen LogP contribution in [-0.4, -0.2) is 26.2 Å². The minimum atomic E-state index is -3.53. The highest BCUT2D eigenvalue weighted by molar-refractivity contribution is 7.92. The summed E-state index contributed by atoms with van der Waals surface area (Å²) < 4.78 is 25.8. The number of nitrogens with one attached hydrogen (secondary N) is 1. The molecule has 1 aromatic carbocycles. The summed E-state index contributed by atoms with van der Waals surface area (Å²) >= 11 is 0. The average Bonchev–Trinajstić information content (AvgIpc) is 2.34. The highest BCUT2D eigenvalue weighted by atomic mass is 32.2. The van der Waals surface area contributed by atoms with Crippen molar-refractivity contribution < 1.29 is 13.5 Å². The molecule has 0 spiro atoms. The predicted octanol–water partition coefficient (Wildman–Crippen LogP) is 1.98. The van der Waals surface area contributed by atoms with Gasteiger partial charge in [-0.3, -0.25) is 0 Å². The zero-order valence-corrected chi connectivity index (χ0v) is 12.3. The Morgan fingerprint density at radius 1 is 1.26 bits per heavy atom. The molecule has 0 aromatic heterocycles. The van der Waals surface area contributed by atoms with E-state index in [4.69, 9.17) is 0 Å². The summed E-state index contributed by atoms with van der Waals surface area (Å²) in [6.45, 7) is 5.56. The topological polar surface area (TPSA) is 66.4 Å². The third kappa shape index (κ3) is 6.00. The average molecular weight is 283 g/mol. The molecule has 1 unspecified atom stereocenters. The molecule has 0 heterocycles. The fourth-order valence-electron chi connectivity index (χ4n) is 1.28. The summed E-state index contributed by atoms with van der Waals surface area (Å²) in [6.07, 6.45) is 0.790. The fraction of sp³-hybridized carbons (Fsp3) is 0.429. The molecule has 1 rings (SSSR count). The van der Waals surface area contributed by atoms with Gasteiger partial charge in [0.05, 0.1) is 6.10 Å². The maximum absolute atomic E-state index is 11.7. The second-order valence-electron chi connectivity index (χ2n) is 5.49. The molecule has 2 N–H and O–H groups in total. The van der Waals surface area contributed by atoms with Crippen LogP contribution in [0.2, 0.25) is 0 Å². The van der Waals surface area contributed by atoms with E-state index in [0.717, 1.165) is 11.0 Å². The Bertz CT molecular complexity index is 515. The lowest BCUT2D eigenvalue weighted by molar-refractivity contribution is 0.0677. The van der Waals surface area contributed by atoms with Gasteiger partial charge in [0.2, 0.25) is 10.0 Å². The van der Waals surface area contributed by atoms with Crippen molar-refractivity contribution in [2.75, 3.05) is 6.54 Å². The molecule has 4 nitrogen and oxygen atoms in total. The monoisotopic (exact) mass is 283 g/mol. The fourth-order valence-corrected chi connectivity index (χ4v) is 2.10. The Morgan fingerprint density at radius 2 is 1.84 bits per heavy atom. The maximum Gasteiger partial charge on any atom is 0.233 e. The molecule has 0 saturated heterocycles. The van der Waals surface area contributed by atoms with Crippen LogP contribution in [0.1, 0.15) is 26.3 Å². The lowest BCUT2D eigenvalue weighted by atomic mass is 9.89. The van der Waals surface area contributed by atoms with E-state index in [1.807, 2.05) is 51.1 Å². The zero-order valence-electron chi connectivity index (χ0n) is 11.5. The van der Waals surface area contributed by atoms with E-state index in [-0.39, 0.29) is 12.0 Å². The zero-order chi connectivity index (χ0) is 14.5. The summed E-state index contributed by atoms with van der Waals surface area (Å²) in [7, 11) is -3.53. The first kappa shape index (κ1) is 15.9. The molecule has 1 aromatic rings. The molecule has 0 bridgehead atoms. The van der Waals surface area contributed by atoms with E-state index in [1.54, 1.807) is 0 Å². The van der Waals surface area contributed by atoms with Crippen molar-refractivity contribution >= 4 is 16.1 Å². The highest BCUT2D eigenvalue weighted by Crippen LogP contribution is 2.18. The first-order valence-electron chi connectivity index (χ1n) is 6.11. The first-order chi connectivity index (χ1) is 8.71. The van der Waals surface area contributed by atoms with Crippen molar-refractivity contribution in [2.24, 2.45) is 5.41 Å². The molecule has 0 aliphatic rings. The second kappa shape index (κ2) is 6.32. The first-order valence-corrected chi connectivity index (χ1v) is 7.66. The van der Waals surface area contributed by atoms with Crippen molar-refractivity contribution in [1.82, 2.24) is 4.72 Å². The van der Waals surface area contributed by atoms with E-state index in [9.17, 15) is 13.5 Å². The minimum absolute atomic E-state index is 0.00492. The Morgan fingerprint density at radius 3 is 2.37 bits per heavy atom. The van der Waals surface area contributed by atoms with Gasteiger partial charge in [-0.1, -0.05) is 51.1 Å². The normalized spacial score (nSPS) is 14.7. The molecule has 0 saturated carbocycles. The van der Waals surface area contributed by atoms with Gasteiger partial charge in [0, 0.05) is 12.0 Å². The summed E-state index contributed by atoms with van der Waals surface area (Å²) in [6, 6.07) is 9.17. The molecule has 19 heavy (non-hydrogen) atoms. The molecular formula is C14H21NO3S. The molecule has 5 heteroatoms. The summed E-state index contributed by atoms with van der Waals surface area (Å²) in [5.74, 6) is 0. The lowest BCUT2D eigenvalue weighted by Gasteiger charge is -2.25. The summed E-state index contributed by atoms with van der Waals surface area (Å²) in [4.78, 5) is 0. The van der Waals surface area contributed by atoms with E-state index >= 15 is 0 Å². The van der Waals surface area contributed by atoms with Crippen molar-refractivity contribution in [3.63, 3.8) is 0 Å². The predicted molar refractivity (Wildman–Crippen MR) is 77.9 cm³/mol. The van der Waals surface area contributed by atoms with Crippen LogP contribution in [-0.2, 0) is 10.0 Å². The van der Waals surface area contributed by atoms with Gasteiger partial charge in [0.1, 0.15) is 0 Å². The number of aliphatic hydroxyl groups is 1. The highest BCUT2D eigenvalue weighted by Gasteiger charge is 2.23. The Hall–Kier alpha value is -1.17.